The number of fused-ring (bicyclic) bond motifs is 1. The molecule has 33 heavy (non-hydrogen) atoms. The van der Waals surface area contributed by atoms with E-state index in [2.05, 4.69) is 10.3 Å². The van der Waals surface area contributed by atoms with Gasteiger partial charge in [-0.1, -0.05) is 0 Å². The molecule has 0 saturated heterocycles. The Bertz CT molecular complexity index is 1290. The van der Waals surface area contributed by atoms with Gasteiger partial charge >= 0.3 is 6.18 Å². The molecule has 1 aliphatic heterocycles. The number of nitrogens with one attached hydrogen (secondary N) is 1. The van der Waals surface area contributed by atoms with Crippen molar-refractivity contribution in [3.05, 3.63) is 65.9 Å². The van der Waals surface area contributed by atoms with Gasteiger partial charge in [0, 0.05) is 18.7 Å². The molecule has 0 unspecified atom stereocenters. The van der Waals surface area contributed by atoms with Crippen LogP contribution in [0.4, 0.5) is 24.5 Å². The average Bonchev–Trinajstić information content (AvgIpc) is 3.19. The molecule has 0 atom stereocenters. The molecule has 0 fully saturated rings. The molecule has 3 aromatic rings. The van der Waals surface area contributed by atoms with Crippen LogP contribution in [0.5, 0.6) is 5.75 Å². The number of halogens is 3. The van der Waals surface area contributed by atoms with Crippen molar-refractivity contribution in [1.82, 2.24) is 4.98 Å². The van der Waals surface area contributed by atoms with Crippen LogP contribution in [0.25, 0.3) is 0 Å². The predicted octanol–water partition coefficient (Wildman–Crippen LogP) is 4.23. The Kier molecular flexibility index (Phi) is 5.78. The van der Waals surface area contributed by atoms with E-state index in [1.54, 1.807) is 6.92 Å². The fourth-order valence-corrected chi connectivity index (χ4v) is 4.99. The fraction of sp³-hybridized carbons (Fsp3) is 0.238. The van der Waals surface area contributed by atoms with Gasteiger partial charge in [-0.05, 0) is 49.4 Å². The lowest BCUT2D eigenvalue weighted by Gasteiger charge is -2.28. The zero-order valence-corrected chi connectivity index (χ0v) is 18.0. The van der Waals surface area contributed by atoms with E-state index in [1.807, 2.05) is 0 Å². The first-order valence-electron chi connectivity index (χ1n) is 9.75. The zero-order chi connectivity index (χ0) is 23.8. The third kappa shape index (κ3) is 4.51. The van der Waals surface area contributed by atoms with E-state index < -0.39 is 27.7 Å². The van der Waals surface area contributed by atoms with Gasteiger partial charge in [0.15, 0.2) is 6.39 Å². The lowest BCUT2D eigenvalue weighted by molar-refractivity contribution is -0.137. The molecule has 174 valence electrons. The Morgan fingerprint density at radius 2 is 1.88 bits per heavy atom. The van der Waals surface area contributed by atoms with Crippen molar-refractivity contribution in [3.63, 3.8) is 0 Å². The quantitative estimate of drug-likeness (QED) is 0.601. The summed E-state index contributed by atoms with van der Waals surface area (Å²) in [5, 5.41) is 2.55. The second-order valence-electron chi connectivity index (χ2n) is 7.21. The third-order valence-corrected chi connectivity index (χ3v) is 6.82. The van der Waals surface area contributed by atoms with Gasteiger partial charge < -0.3 is 14.5 Å². The number of sulfonamides is 1. The Morgan fingerprint density at radius 3 is 2.52 bits per heavy atom. The van der Waals surface area contributed by atoms with Gasteiger partial charge in [0.2, 0.25) is 5.76 Å². The molecule has 12 heteroatoms. The maximum Gasteiger partial charge on any atom is 0.416 e. The van der Waals surface area contributed by atoms with E-state index >= 15 is 0 Å². The van der Waals surface area contributed by atoms with Gasteiger partial charge in [-0.3, -0.25) is 9.10 Å². The van der Waals surface area contributed by atoms with Crippen LogP contribution in [0.3, 0.4) is 0 Å². The van der Waals surface area contributed by atoms with Gasteiger partial charge in [0.25, 0.3) is 15.9 Å². The highest BCUT2D eigenvalue weighted by Gasteiger charge is 2.33. The summed E-state index contributed by atoms with van der Waals surface area (Å²) in [6.07, 6.45) is -3.10. The summed E-state index contributed by atoms with van der Waals surface area (Å²) in [4.78, 5) is 16.0. The van der Waals surface area contributed by atoms with E-state index in [0.29, 0.717) is 12.1 Å². The molecule has 8 nitrogen and oxygen atoms in total. The third-order valence-electron chi connectivity index (χ3n) is 4.97. The van der Waals surface area contributed by atoms with Crippen LogP contribution < -0.4 is 14.4 Å². The molecule has 2 heterocycles. The zero-order valence-electron chi connectivity index (χ0n) is 17.2. The average molecular weight is 481 g/mol. The minimum absolute atomic E-state index is 0.000976. The first-order valence-corrected chi connectivity index (χ1v) is 11.2. The minimum Gasteiger partial charge on any atom is -0.492 e. The number of alkyl halides is 3. The molecule has 4 rings (SSSR count). The first-order chi connectivity index (χ1) is 15.6. The van der Waals surface area contributed by atoms with Crippen molar-refractivity contribution in [3.8, 4) is 5.75 Å². The smallest absolute Gasteiger partial charge is 0.416 e. The number of oxazole rings is 1. The largest absolute Gasteiger partial charge is 0.492 e. The molecular formula is C21H18F3N3O5S. The van der Waals surface area contributed by atoms with Gasteiger partial charge in [-0.2, -0.15) is 13.2 Å². The molecule has 1 amide bonds. The number of ether oxygens (including phenoxy) is 1. The van der Waals surface area contributed by atoms with Crippen LogP contribution in [0.1, 0.15) is 28.2 Å². The molecule has 0 radical (unpaired) electrons. The minimum atomic E-state index is -4.54. The summed E-state index contributed by atoms with van der Waals surface area (Å²) >= 11 is 0. The summed E-state index contributed by atoms with van der Waals surface area (Å²) < 4.78 is 77.3. The van der Waals surface area contributed by atoms with Gasteiger partial charge in [0.1, 0.15) is 10.6 Å². The van der Waals surface area contributed by atoms with E-state index in [-0.39, 0.29) is 40.9 Å². The van der Waals surface area contributed by atoms with Crippen molar-refractivity contribution >= 4 is 27.3 Å². The number of anilines is 2. The van der Waals surface area contributed by atoms with E-state index in [1.165, 1.54) is 18.2 Å². The summed E-state index contributed by atoms with van der Waals surface area (Å²) in [6.45, 7) is 1.78. The summed E-state index contributed by atoms with van der Waals surface area (Å²) in [7, 11) is -4.22. The monoisotopic (exact) mass is 481 g/mol. The second-order valence-corrected chi connectivity index (χ2v) is 9.04. The fourth-order valence-electron chi connectivity index (χ4n) is 3.33. The lowest BCUT2D eigenvalue weighted by Crippen LogP contribution is -2.34. The molecule has 0 saturated carbocycles. The Morgan fingerprint density at radius 1 is 1.15 bits per heavy atom. The number of nitrogens with zero attached hydrogens (tertiary/aromatic N) is 2. The van der Waals surface area contributed by atoms with Crippen molar-refractivity contribution in [2.45, 2.75) is 24.4 Å². The maximum atomic E-state index is 13.5. The number of carbonyl (C=O) groups is 1. The van der Waals surface area contributed by atoms with E-state index in [0.717, 1.165) is 35.0 Å². The van der Waals surface area contributed by atoms with Crippen molar-refractivity contribution in [1.29, 1.82) is 0 Å². The van der Waals surface area contributed by atoms with E-state index in [4.69, 9.17) is 9.15 Å². The number of rotatable bonds is 3. The van der Waals surface area contributed by atoms with Crippen LogP contribution >= 0.6 is 0 Å². The SMILES string of the molecule is Cc1ncoc1C(=O)Nc1ccc2c(c1)S(=O)(=O)N(c1ccc(C(F)(F)F)cc1)CCCO2. The highest BCUT2D eigenvalue weighted by atomic mass is 32.2. The molecule has 0 spiro atoms. The van der Waals surface area contributed by atoms with Gasteiger partial charge in [-0.15, -0.1) is 0 Å². The number of hydrogen-bond donors (Lipinski definition) is 1. The highest BCUT2D eigenvalue weighted by molar-refractivity contribution is 7.93. The molecule has 1 N–H and O–H groups in total. The standard InChI is InChI=1S/C21H18F3N3O5S/c1-13-19(32-12-25-13)20(28)26-15-5-8-17-18(11-15)33(29,30)27(9-2-10-31-17)16-6-3-14(4-7-16)21(22,23)24/h3-8,11-12H,2,9-10H2,1H3,(H,26,28). The van der Waals surface area contributed by atoms with Gasteiger partial charge in [0.05, 0.1) is 23.6 Å². The van der Waals surface area contributed by atoms with Crippen LogP contribution in [-0.2, 0) is 16.2 Å². The van der Waals surface area contributed by atoms with Crippen molar-refractivity contribution in [2.75, 3.05) is 22.8 Å². The number of aromatic nitrogens is 1. The van der Waals surface area contributed by atoms with Crippen LogP contribution in [0, 0.1) is 6.92 Å². The molecule has 1 aliphatic rings. The normalized spacial score (nSPS) is 15.7. The van der Waals surface area contributed by atoms with E-state index in [9.17, 15) is 26.4 Å². The molecule has 2 aromatic carbocycles. The van der Waals surface area contributed by atoms with Crippen molar-refractivity contribution < 1.29 is 35.5 Å². The number of carbonyl (C=O) groups excluding carboxylic acids is 1. The maximum absolute atomic E-state index is 13.5. The van der Waals surface area contributed by atoms with Gasteiger partial charge in [-0.25, -0.2) is 13.4 Å². The van der Waals surface area contributed by atoms with Crippen LogP contribution in [-0.4, -0.2) is 32.5 Å². The summed E-state index contributed by atoms with van der Waals surface area (Å²) in [6, 6.07) is 8.00. The number of aryl methyl sites for hydroxylation is 1. The van der Waals surface area contributed by atoms with Crippen molar-refractivity contribution in [2.24, 2.45) is 0 Å². The number of amides is 1. The topological polar surface area (TPSA) is 102 Å². The number of hydrogen-bond acceptors (Lipinski definition) is 6. The van der Waals surface area contributed by atoms with Crippen LogP contribution in [0.15, 0.2) is 58.2 Å². The molecular weight excluding hydrogens is 463 g/mol. The second kappa shape index (κ2) is 8.43. The predicted molar refractivity (Wildman–Crippen MR) is 112 cm³/mol. The summed E-state index contributed by atoms with van der Waals surface area (Å²) in [5.41, 5.74) is -0.271. The Balaban J connectivity index is 1.70. The molecule has 0 aliphatic carbocycles. The highest BCUT2D eigenvalue weighted by Crippen LogP contribution is 2.36. The Labute approximate surface area is 187 Å². The molecule has 0 bridgehead atoms. The lowest BCUT2D eigenvalue weighted by atomic mass is 10.2. The molecule has 1 aromatic heterocycles. The number of benzene rings is 2. The van der Waals surface area contributed by atoms with Crippen LogP contribution in [0.2, 0.25) is 0 Å². The first kappa shape index (κ1) is 22.6. The Hall–Kier alpha value is -3.54. The summed E-state index contributed by atoms with van der Waals surface area (Å²) in [5.74, 6) is -0.568.